The summed E-state index contributed by atoms with van der Waals surface area (Å²) in [5, 5.41) is 0. The predicted molar refractivity (Wildman–Crippen MR) is 82.3 cm³/mol. The fourth-order valence-electron chi connectivity index (χ4n) is 1.93. The first-order valence-electron chi connectivity index (χ1n) is 6.23. The van der Waals surface area contributed by atoms with Crippen molar-refractivity contribution >= 4 is 38.4 Å². The molecule has 1 aliphatic rings. The fourth-order valence-corrected chi connectivity index (χ4v) is 3.57. The molecule has 0 aliphatic heterocycles. The van der Waals surface area contributed by atoms with E-state index in [1.165, 1.54) is 6.07 Å². The Kier molecular flexibility index (Phi) is 6.30. The number of sulfonamides is 1. The van der Waals surface area contributed by atoms with Gasteiger partial charge in [-0.2, -0.15) is 13.2 Å². The minimum absolute atomic E-state index is 0. The van der Waals surface area contributed by atoms with E-state index in [1.54, 1.807) is 0 Å². The zero-order chi connectivity index (χ0) is 15.8. The summed E-state index contributed by atoms with van der Waals surface area (Å²) in [6, 6.07) is 2.56. The lowest BCUT2D eigenvalue weighted by Gasteiger charge is -2.16. The number of benzene rings is 1. The van der Waals surface area contributed by atoms with E-state index in [1.807, 2.05) is 0 Å². The van der Waals surface area contributed by atoms with Gasteiger partial charge in [-0.3, -0.25) is 0 Å². The van der Waals surface area contributed by atoms with Crippen molar-refractivity contribution in [3.63, 3.8) is 0 Å². The molecule has 22 heavy (non-hydrogen) atoms. The number of hydrogen-bond donors (Lipinski definition) is 2. The zero-order valence-electron chi connectivity index (χ0n) is 11.2. The molecular weight excluding hydrogens is 409 g/mol. The van der Waals surface area contributed by atoms with Gasteiger partial charge < -0.3 is 5.73 Å². The second kappa shape index (κ2) is 7.04. The van der Waals surface area contributed by atoms with Crippen LogP contribution in [0.1, 0.15) is 18.4 Å². The van der Waals surface area contributed by atoms with Crippen LogP contribution >= 0.6 is 28.3 Å². The molecular formula is C12H15BrClF3N2O2S. The molecule has 0 bridgehead atoms. The van der Waals surface area contributed by atoms with Crippen LogP contribution in [-0.2, 0) is 16.2 Å². The highest BCUT2D eigenvalue weighted by Gasteiger charge is 2.38. The molecule has 1 atom stereocenters. The van der Waals surface area contributed by atoms with Crippen molar-refractivity contribution in [2.45, 2.75) is 30.0 Å². The van der Waals surface area contributed by atoms with E-state index in [0.717, 1.165) is 25.0 Å². The molecule has 0 amide bonds. The molecule has 1 saturated carbocycles. The van der Waals surface area contributed by atoms with Gasteiger partial charge in [0.15, 0.2) is 0 Å². The lowest BCUT2D eigenvalue weighted by molar-refractivity contribution is -0.139. The van der Waals surface area contributed by atoms with Crippen LogP contribution in [0.25, 0.3) is 0 Å². The van der Waals surface area contributed by atoms with Gasteiger partial charge in [0.2, 0.25) is 10.0 Å². The third-order valence-corrected chi connectivity index (χ3v) is 5.25. The molecule has 0 saturated heterocycles. The molecule has 1 fully saturated rings. The lowest BCUT2D eigenvalue weighted by Crippen LogP contribution is -2.39. The van der Waals surface area contributed by atoms with Gasteiger partial charge in [-0.05, 0) is 37.0 Å². The van der Waals surface area contributed by atoms with Crippen LogP contribution in [0.3, 0.4) is 0 Å². The molecule has 3 N–H and O–H groups in total. The summed E-state index contributed by atoms with van der Waals surface area (Å²) in [5.74, 6) is 0.250. The average molecular weight is 424 g/mol. The minimum atomic E-state index is -4.76. The molecule has 4 nitrogen and oxygen atoms in total. The van der Waals surface area contributed by atoms with Gasteiger partial charge in [-0.15, -0.1) is 12.4 Å². The number of rotatable bonds is 5. The third kappa shape index (κ3) is 4.82. The van der Waals surface area contributed by atoms with Gasteiger partial charge in [-0.1, -0.05) is 15.9 Å². The van der Waals surface area contributed by atoms with Crippen LogP contribution in [0.15, 0.2) is 27.6 Å². The highest BCUT2D eigenvalue weighted by atomic mass is 79.9. The highest BCUT2D eigenvalue weighted by molar-refractivity contribution is 9.10. The summed E-state index contributed by atoms with van der Waals surface area (Å²) >= 11 is 2.91. The molecule has 1 aliphatic carbocycles. The second-order valence-electron chi connectivity index (χ2n) is 4.99. The van der Waals surface area contributed by atoms with Crippen LogP contribution in [-0.4, -0.2) is 21.0 Å². The van der Waals surface area contributed by atoms with Crippen LogP contribution in [0.4, 0.5) is 13.2 Å². The molecule has 10 heteroatoms. The van der Waals surface area contributed by atoms with Crippen molar-refractivity contribution in [1.29, 1.82) is 0 Å². The summed E-state index contributed by atoms with van der Waals surface area (Å²) in [5.41, 5.74) is 4.55. The summed E-state index contributed by atoms with van der Waals surface area (Å²) < 4.78 is 65.3. The highest BCUT2D eigenvalue weighted by Crippen LogP contribution is 2.36. The van der Waals surface area contributed by atoms with Crippen LogP contribution in [0.5, 0.6) is 0 Å². The van der Waals surface area contributed by atoms with Crippen molar-refractivity contribution in [3.8, 4) is 0 Å². The summed E-state index contributed by atoms with van der Waals surface area (Å²) in [6.07, 6.45) is -2.91. The summed E-state index contributed by atoms with van der Waals surface area (Å²) in [7, 11) is -4.26. The number of hydrogen-bond acceptors (Lipinski definition) is 3. The molecule has 0 radical (unpaired) electrons. The van der Waals surface area contributed by atoms with Gasteiger partial charge in [-0.25, -0.2) is 13.1 Å². The van der Waals surface area contributed by atoms with Gasteiger partial charge in [0, 0.05) is 17.1 Å². The van der Waals surface area contributed by atoms with Crippen molar-refractivity contribution in [1.82, 2.24) is 4.72 Å². The molecule has 126 valence electrons. The van der Waals surface area contributed by atoms with Gasteiger partial charge in [0.25, 0.3) is 0 Å². The number of halogens is 5. The third-order valence-electron chi connectivity index (χ3n) is 3.27. The maximum Gasteiger partial charge on any atom is 0.417 e. The number of nitrogens with two attached hydrogens (primary N) is 1. The normalized spacial score (nSPS) is 17.0. The first-order valence-corrected chi connectivity index (χ1v) is 8.51. The smallest absolute Gasteiger partial charge is 0.326 e. The van der Waals surface area contributed by atoms with Gasteiger partial charge in [0.05, 0.1) is 10.5 Å². The number of nitrogens with one attached hydrogen (secondary N) is 1. The Balaban J connectivity index is 0.00000242. The van der Waals surface area contributed by atoms with Crippen molar-refractivity contribution in [3.05, 3.63) is 28.2 Å². The van der Waals surface area contributed by atoms with Crippen molar-refractivity contribution in [2.75, 3.05) is 6.54 Å². The monoisotopic (exact) mass is 422 g/mol. The maximum absolute atomic E-state index is 13.0. The van der Waals surface area contributed by atoms with Crippen molar-refractivity contribution in [2.24, 2.45) is 11.7 Å². The lowest BCUT2D eigenvalue weighted by atomic mass is 10.2. The topological polar surface area (TPSA) is 72.2 Å². The van der Waals surface area contributed by atoms with Crippen LogP contribution in [0, 0.1) is 5.92 Å². The largest absolute Gasteiger partial charge is 0.417 e. The Hall–Kier alpha value is -0.350. The Morgan fingerprint density at radius 1 is 1.36 bits per heavy atom. The Bertz CT molecular complexity index is 636. The Morgan fingerprint density at radius 2 is 1.95 bits per heavy atom. The van der Waals surface area contributed by atoms with Crippen LogP contribution in [0.2, 0.25) is 0 Å². The van der Waals surface area contributed by atoms with Gasteiger partial charge in [0.1, 0.15) is 0 Å². The maximum atomic E-state index is 13.0. The second-order valence-corrected chi connectivity index (χ2v) is 7.64. The molecule has 1 unspecified atom stereocenters. The molecule has 1 aromatic rings. The Morgan fingerprint density at radius 3 is 2.45 bits per heavy atom. The van der Waals surface area contributed by atoms with Gasteiger partial charge >= 0.3 is 6.18 Å². The molecule has 0 aromatic heterocycles. The van der Waals surface area contributed by atoms with Crippen LogP contribution < -0.4 is 10.5 Å². The first kappa shape index (κ1) is 19.7. The van der Waals surface area contributed by atoms with E-state index < -0.39 is 26.7 Å². The minimum Gasteiger partial charge on any atom is -0.326 e. The molecule has 0 spiro atoms. The van der Waals surface area contributed by atoms with E-state index in [2.05, 4.69) is 20.7 Å². The number of alkyl halides is 3. The summed E-state index contributed by atoms with van der Waals surface area (Å²) in [4.78, 5) is -0.791. The van der Waals surface area contributed by atoms with E-state index in [4.69, 9.17) is 5.73 Å². The van der Waals surface area contributed by atoms with E-state index in [0.29, 0.717) is 0 Å². The molecule has 2 rings (SSSR count). The van der Waals surface area contributed by atoms with E-state index >= 15 is 0 Å². The Labute approximate surface area is 141 Å². The van der Waals surface area contributed by atoms with E-state index in [9.17, 15) is 21.6 Å². The van der Waals surface area contributed by atoms with E-state index in [-0.39, 0.29) is 35.4 Å². The summed E-state index contributed by atoms with van der Waals surface area (Å²) in [6.45, 7) is -0.0691. The van der Waals surface area contributed by atoms with Crippen molar-refractivity contribution < 1.29 is 21.6 Å². The fraction of sp³-hybridized carbons (Fsp3) is 0.500. The zero-order valence-corrected chi connectivity index (χ0v) is 14.4. The standard InChI is InChI=1S/C12H14BrF3N2O2S.ClH/c13-8-3-4-11(9(5-8)12(14,15)16)21(19,20)18-6-10(17)7-1-2-7;/h3-5,7,10,18H,1-2,6,17H2;1H. The SMILES string of the molecule is Cl.NC(CNS(=O)(=O)c1ccc(Br)cc1C(F)(F)F)C1CC1. The molecule has 1 aromatic carbocycles. The quantitative estimate of drug-likeness (QED) is 0.765. The first-order chi connectivity index (χ1) is 9.61. The average Bonchev–Trinajstić information content (AvgIpc) is 3.19. The predicted octanol–water partition coefficient (Wildman–Crippen LogP) is 2.91. The molecule has 0 heterocycles.